The highest BCUT2D eigenvalue weighted by atomic mass is 32.1. The minimum Gasteiger partial charge on any atom is -0.350 e. The average Bonchev–Trinajstić information content (AvgIpc) is 2.92. The molecular formula is C11H13N5OS. The Morgan fingerprint density at radius 3 is 3.06 bits per heavy atom. The van der Waals surface area contributed by atoms with Gasteiger partial charge in [0.1, 0.15) is 11.5 Å². The van der Waals surface area contributed by atoms with Gasteiger partial charge in [-0.25, -0.2) is 15.8 Å². The van der Waals surface area contributed by atoms with Crippen molar-refractivity contribution in [2.75, 3.05) is 12.0 Å². The molecule has 0 radical (unpaired) electrons. The van der Waals surface area contributed by atoms with Crippen molar-refractivity contribution < 1.29 is 4.79 Å². The lowest BCUT2D eigenvalue weighted by Gasteiger charge is -2.05. The predicted molar refractivity (Wildman–Crippen MR) is 70.2 cm³/mol. The summed E-state index contributed by atoms with van der Waals surface area (Å²) < 4.78 is 0. The number of carbonyl (C=O) groups excluding carboxylic acids is 1. The van der Waals surface area contributed by atoms with Gasteiger partial charge < -0.3 is 10.7 Å². The van der Waals surface area contributed by atoms with Crippen molar-refractivity contribution >= 4 is 23.1 Å². The maximum atomic E-state index is 11.8. The summed E-state index contributed by atoms with van der Waals surface area (Å²) in [6, 6.07) is 5.05. The summed E-state index contributed by atoms with van der Waals surface area (Å²) in [6.45, 7) is 0.536. The number of amides is 1. The van der Waals surface area contributed by atoms with E-state index < -0.39 is 0 Å². The number of carbonyl (C=O) groups is 1. The van der Waals surface area contributed by atoms with E-state index in [1.54, 1.807) is 35.7 Å². The van der Waals surface area contributed by atoms with Gasteiger partial charge in [0, 0.05) is 24.5 Å². The molecular weight excluding hydrogens is 250 g/mol. The monoisotopic (exact) mass is 263 g/mol. The zero-order valence-corrected chi connectivity index (χ0v) is 10.4. The summed E-state index contributed by atoms with van der Waals surface area (Å²) >= 11 is 1.57. The molecule has 18 heavy (non-hydrogen) atoms. The third kappa shape index (κ3) is 3.25. The molecule has 2 aromatic rings. The van der Waals surface area contributed by atoms with Crippen molar-refractivity contribution in [3.63, 3.8) is 0 Å². The molecule has 0 saturated carbocycles. The molecule has 2 aromatic heterocycles. The normalized spacial score (nSPS) is 10.1. The van der Waals surface area contributed by atoms with Gasteiger partial charge in [-0.15, -0.1) is 11.3 Å². The molecule has 0 aromatic carbocycles. The van der Waals surface area contributed by atoms with E-state index >= 15 is 0 Å². The minimum absolute atomic E-state index is 0.219. The van der Waals surface area contributed by atoms with E-state index in [0.717, 1.165) is 11.4 Å². The third-order valence-electron chi connectivity index (χ3n) is 2.24. The summed E-state index contributed by atoms with van der Waals surface area (Å²) in [4.78, 5) is 20.0. The van der Waals surface area contributed by atoms with E-state index in [0.29, 0.717) is 18.1 Å². The van der Waals surface area contributed by atoms with Crippen LogP contribution in [0.1, 0.15) is 15.5 Å². The van der Waals surface area contributed by atoms with Gasteiger partial charge in [0.25, 0.3) is 5.91 Å². The lowest BCUT2D eigenvalue weighted by Crippen LogP contribution is -2.26. The molecule has 0 aliphatic carbocycles. The second-order valence-electron chi connectivity index (χ2n) is 3.48. The Hall–Kier alpha value is -1.99. The summed E-state index contributed by atoms with van der Waals surface area (Å²) in [6.07, 6.45) is 2.47. The molecule has 2 rings (SSSR count). The van der Waals surface area contributed by atoms with Gasteiger partial charge in [0.15, 0.2) is 0 Å². The van der Waals surface area contributed by atoms with E-state index in [1.807, 2.05) is 5.38 Å². The van der Waals surface area contributed by atoms with E-state index in [-0.39, 0.29) is 5.91 Å². The first kappa shape index (κ1) is 12.5. The Kier molecular flexibility index (Phi) is 4.21. The number of rotatable bonds is 5. The number of nitrogens with two attached hydrogens (primary N) is 1. The van der Waals surface area contributed by atoms with Crippen molar-refractivity contribution in [1.29, 1.82) is 0 Å². The highest BCUT2D eigenvalue weighted by molar-refractivity contribution is 7.09. The summed E-state index contributed by atoms with van der Waals surface area (Å²) in [5, 5.41) is 5.70. The zero-order valence-electron chi connectivity index (χ0n) is 9.59. The fourth-order valence-corrected chi connectivity index (χ4v) is 2.01. The van der Waals surface area contributed by atoms with Crippen molar-refractivity contribution in [2.45, 2.75) is 6.42 Å². The summed E-state index contributed by atoms with van der Waals surface area (Å²) in [5.41, 5.74) is 2.74. The van der Waals surface area contributed by atoms with Gasteiger partial charge in [0.2, 0.25) is 0 Å². The highest BCUT2D eigenvalue weighted by Gasteiger charge is 2.07. The van der Waals surface area contributed by atoms with E-state index in [4.69, 9.17) is 5.84 Å². The molecule has 1 amide bonds. The first-order valence-corrected chi connectivity index (χ1v) is 6.28. The summed E-state index contributed by atoms with van der Waals surface area (Å²) in [7, 11) is 0. The van der Waals surface area contributed by atoms with Crippen molar-refractivity contribution in [1.82, 2.24) is 15.3 Å². The number of thiazole rings is 1. The maximum Gasteiger partial charge on any atom is 0.269 e. The summed E-state index contributed by atoms with van der Waals surface area (Å²) in [5.74, 6) is 5.47. The average molecular weight is 263 g/mol. The third-order valence-corrected chi connectivity index (χ3v) is 3.08. The maximum absolute atomic E-state index is 11.8. The molecule has 0 bridgehead atoms. The van der Waals surface area contributed by atoms with Crippen LogP contribution in [0.15, 0.2) is 29.8 Å². The van der Waals surface area contributed by atoms with Crippen molar-refractivity contribution in [3.05, 3.63) is 40.5 Å². The Balaban J connectivity index is 1.87. The standard InChI is InChI=1S/C11H13N5OS/c12-16-9-3-1-2-8(15-9)11(17)14-5-4-10-13-6-7-18-10/h1-3,6-7H,4-5,12H2,(H,14,17)(H,15,16). The SMILES string of the molecule is NNc1cccc(C(=O)NCCc2nccs2)n1. The predicted octanol–water partition coefficient (Wildman–Crippen LogP) is 0.796. The number of nitrogens with one attached hydrogen (secondary N) is 2. The molecule has 0 saturated heterocycles. The molecule has 7 heteroatoms. The lowest BCUT2D eigenvalue weighted by atomic mass is 10.3. The van der Waals surface area contributed by atoms with Gasteiger partial charge in [-0.1, -0.05) is 6.07 Å². The van der Waals surface area contributed by atoms with Gasteiger partial charge in [0.05, 0.1) is 5.01 Å². The number of nitrogens with zero attached hydrogens (tertiary/aromatic N) is 2. The van der Waals surface area contributed by atoms with Gasteiger partial charge in [-0.2, -0.15) is 0 Å². The number of hydrogen-bond acceptors (Lipinski definition) is 6. The fourth-order valence-electron chi connectivity index (χ4n) is 1.39. The van der Waals surface area contributed by atoms with Crippen LogP contribution in [0.4, 0.5) is 5.82 Å². The van der Waals surface area contributed by atoms with E-state index in [2.05, 4.69) is 20.7 Å². The second kappa shape index (κ2) is 6.08. The molecule has 0 spiro atoms. The number of nitrogen functional groups attached to an aromatic ring is 1. The van der Waals surface area contributed by atoms with Crippen LogP contribution in [0.2, 0.25) is 0 Å². The molecule has 0 aliphatic heterocycles. The Labute approximate surface area is 108 Å². The quantitative estimate of drug-likeness (QED) is 0.548. The van der Waals surface area contributed by atoms with Crippen LogP contribution in [-0.2, 0) is 6.42 Å². The Morgan fingerprint density at radius 2 is 2.33 bits per heavy atom. The number of aromatic nitrogens is 2. The first-order chi connectivity index (χ1) is 8.79. The zero-order chi connectivity index (χ0) is 12.8. The molecule has 94 valence electrons. The highest BCUT2D eigenvalue weighted by Crippen LogP contribution is 2.05. The van der Waals surface area contributed by atoms with Gasteiger partial charge in [-0.3, -0.25) is 4.79 Å². The number of pyridine rings is 1. The van der Waals surface area contributed by atoms with Crippen LogP contribution < -0.4 is 16.6 Å². The van der Waals surface area contributed by atoms with Gasteiger partial charge in [-0.05, 0) is 12.1 Å². The van der Waals surface area contributed by atoms with Crippen LogP contribution in [0.3, 0.4) is 0 Å². The van der Waals surface area contributed by atoms with Crippen LogP contribution in [0, 0.1) is 0 Å². The molecule has 6 nitrogen and oxygen atoms in total. The lowest BCUT2D eigenvalue weighted by molar-refractivity contribution is 0.0949. The Morgan fingerprint density at radius 1 is 1.44 bits per heavy atom. The van der Waals surface area contributed by atoms with Crippen LogP contribution in [-0.4, -0.2) is 22.4 Å². The number of hydrazine groups is 1. The minimum atomic E-state index is -0.219. The van der Waals surface area contributed by atoms with E-state index in [1.165, 1.54) is 0 Å². The van der Waals surface area contributed by atoms with E-state index in [9.17, 15) is 4.79 Å². The largest absolute Gasteiger partial charge is 0.350 e. The molecule has 0 atom stereocenters. The Bertz CT molecular complexity index is 514. The molecule has 0 unspecified atom stereocenters. The first-order valence-electron chi connectivity index (χ1n) is 5.40. The molecule has 4 N–H and O–H groups in total. The molecule has 0 aliphatic rings. The van der Waals surface area contributed by atoms with Crippen LogP contribution in [0.5, 0.6) is 0 Å². The smallest absolute Gasteiger partial charge is 0.269 e. The second-order valence-corrected chi connectivity index (χ2v) is 4.46. The molecule has 0 fully saturated rings. The fraction of sp³-hybridized carbons (Fsp3) is 0.182. The van der Waals surface area contributed by atoms with Crippen LogP contribution >= 0.6 is 11.3 Å². The van der Waals surface area contributed by atoms with Gasteiger partial charge >= 0.3 is 0 Å². The van der Waals surface area contributed by atoms with Crippen molar-refractivity contribution in [2.24, 2.45) is 5.84 Å². The topological polar surface area (TPSA) is 92.9 Å². The number of hydrogen-bond donors (Lipinski definition) is 3. The van der Waals surface area contributed by atoms with Crippen LogP contribution in [0.25, 0.3) is 0 Å². The van der Waals surface area contributed by atoms with Crippen molar-refractivity contribution in [3.8, 4) is 0 Å². The number of anilines is 1. The molecule has 2 heterocycles.